The van der Waals surface area contributed by atoms with E-state index in [2.05, 4.69) is 30.0 Å². The van der Waals surface area contributed by atoms with Crippen molar-refractivity contribution in [2.45, 2.75) is 12.5 Å². The highest BCUT2D eigenvalue weighted by Crippen LogP contribution is 2.22. The monoisotopic (exact) mass is 270 g/mol. The topological polar surface area (TPSA) is 49.5 Å². The van der Waals surface area contributed by atoms with E-state index in [-0.39, 0.29) is 6.61 Å². The number of hydrogen-bond donors (Lipinski definition) is 2. The molecule has 0 bridgehead atoms. The van der Waals surface area contributed by atoms with Crippen molar-refractivity contribution in [3.05, 3.63) is 65.7 Å². The maximum Gasteiger partial charge on any atom is 0.0821 e. The summed E-state index contributed by atoms with van der Waals surface area (Å²) in [5.41, 5.74) is 8.90. The van der Waals surface area contributed by atoms with Gasteiger partial charge in [-0.3, -0.25) is 0 Å². The quantitative estimate of drug-likeness (QED) is 0.876. The number of nitrogens with zero attached hydrogens (tertiary/aromatic N) is 1. The lowest BCUT2D eigenvalue weighted by Gasteiger charge is -2.33. The number of likely N-dealkylation sites (N-methyl/N-ethyl adjacent to an activating group) is 1. The molecular formula is C17H22N2O. The molecule has 2 aromatic rings. The van der Waals surface area contributed by atoms with Gasteiger partial charge >= 0.3 is 0 Å². The van der Waals surface area contributed by atoms with Gasteiger partial charge in [0.15, 0.2) is 0 Å². The summed E-state index contributed by atoms with van der Waals surface area (Å²) in [6.45, 7) is 2.53. The Morgan fingerprint density at radius 3 is 2.40 bits per heavy atom. The molecular weight excluding hydrogens is 248 g/mol. The van der Waals surface area contributed by atoms with Crippen LogP contribution in [0.3, 0.4) is 0 Å². The lowest BCUT2D eigenvalue weighted by atomic mass is 9.91. The number of rotatable bonds is 5. The van der Waals surface area contributed by atoms with Crippen LogP contribution in [0.5, 0.6) is 0 Å². The van der Waals surface area contributed by atoms with Gasteiger partial charge in [-0.25, -0.2) is 0 Å². The summed E-state index contributed by atoms with van der Waals surface area (Å²) < 4.78 is 0. The first-order chi connectivity index (χ1) is 9.55. The third-order valence-electron chi connectivity index (χ3n) is 3.59. The van der Waals surface area contributed by atoms with Crippen molar-refractivity contribution in [2.75, 3.05) is 25.1 Å². The van der Waals surface area contributed by atoms with Gasteiger partial charge < -0.3 is 15.7 Å². The Labute approximate surface area is 120 Å². The highest BCUT2D eigenvalue weighted by Gasteiger charge is 2.28. The number of aryl methyl sites for hydroxylation is 1. The van der Waals surface area contributed by atoms with E-state index in [0.29, 0.717) is 6.54 Å². The molecule has 2 aromatic carbocycles. The van der Waals surface area contributed by atoms with Crippen LogP contribution in [0.25, 0.3) is 0 Å². The summed E-state index contributed by atoms with van der Waals surface area (Å²) in [7, 11) is 2.00. The maximum atomic E-state index is 9.74. The van der Waals surface area contributed by atoms with Crippen LogP contribution in [-0.4, -0.2) is 25.3 Å². The molecule has 0 fully saturated rings. The molecule has 0 amide bonds. The van der Waals surface area contributed by atoms with Crippen molar-refractivity contribution in [3.63, 3.8) is 0 Å². The van der Waals surface area contributed by atoms with Gasteiger partial charge in [0.05, 0.1) is 12.1 Å². The van der Waals surface area contributed by atoms with Crippen LogP contribution in [0, 0.1) is 6.92 Å². The summed E-state index contributed by atoms with van der Waals surface area (Å²) in [6, 6.07) is 18.0. The van der Waals surface area contributed by atoms with Gasteiger partial charge in [0.25, 0.3) is 0 Å². The predicted molar refractivity (Wildman–Crippen MR) is 83.8 cm³/mol. The minimum absolute atomic E-state index is 0.0901. The molecule has 0 aliphatic carbocycles. The van der Waals surface area contributed by atoms with Gasteiger partial charge in [0, 0.05) is 19.3 Å². The Morgan fingerprint density at radius 2 is 1.80 bits per heavy atom. The van der Waals surface area contributed by atoms with Gasteiger partial charge in [0.1, 0.15) is 0 Å². The predicted octanol–water partition coefficient (Wildman–Crippen LogP) is 2.28. The first-order valence-electron chi connectivity index (χ1n) is 6.78. The van der Waals surface area contributed by atoms with Gasteiger partial charge in [0.2, 0.25) is 0 Å². The van der Waals surface area contributed by atoms with E-state index in [1.165, 1.54) is 5.56 Å². The summed E-state index contributed by atoms with van der Waals surface area (Å²) in [6.07, 6.45) is 0. The van der Waals surface area contributed by atoms with Crippen LogP contribution in [0.4, 0.5) is 5.69 Å². The Hall–Kier alpha value is -1.84. The highest BCUT2D eigenvalue weighted by molar-refractivity contribution is 5.48. The minimum Gasteiger partial charge on any atom is -0.394 e. The molecule has 0 radical (unpaired) electrons. The van der Waals surface area contributed by atoms with Gasteiger partial charge in [-0.15, -0.1) is 0 Å². The molecule has 0 spiro atoms. The average molecular weight is 270 g/mol. The second-order valence-corrected chi connectivity index (χ2v) is 5.38. The van der Waals surface area contributed by atoms with E-state index < -0.39 is 5.54 Å². The SMILES string of the molecule is Cc1cccc(N(C)CC(N)(CO)c2ccccc2)c1. The Morgan fingerprint density at radius 1 is 1.10 bits per heavy atom. The third kappa shape index (κ3) is 3.18. The molecule has 1 unspecified atom stereocenters. The fraction of sp³-hybridized carbons (Fsp3) is 0.294. The van der Waals surface area contributed by atoms with E-state index in [4.69, 9.17) is 5.73 Å². The Bertz CT molecular complexity index is 556. The minimum atomic E-state index is -0.764. The number of hydrogen-bond acceptors (Lipinski definition) is 3. The van der Waals surface area contributed by atoms with Crippen molar-refractivity contribution in [2.24, 2.45) is 5.73 Å². The molecule has 0 aromatic heterocycles. The van der Waals surface area contributed by atoms with Gasteiger partial charge in [-0.1, -0.05) is 42.5 Å². The van der Waals surface area contributed by atoms with Crippen LogP contribution in [0.1, 0.15) is 11.1 Å². The van der Waals surface area contributed by atoms with Crippen LogP contribution >= 0.6 is 0 Å². The summed E-state index contributed by atoms with van der Waals surface area (Å²) >= 11 is 0. The highest BCUT2D eigenvalue weighted by atomic mass is 16.3. The summed E-state index contributed by atoms with van der Waals surface area (Å²) in [4.78, 5) is 2.08. The van der Waals surface area contributed by atoms with E-state index in [0.717, 1.165) is 11.3 Å². The fourth-order valence-electron chi connectivity index (χ4n) is 2.38. The smallest absolute Gasteiger partial charge is 0.0821 e. The molecule has 0 aliphatic heterocycles. The average Bonchev–Trinajstić information content (AvgIpc) is 2.48. The maximum absolute atomic E-state index is 9.74. The standard InChI is InChI=1S/C17H22N2O/c1-14-7-6-10-16(11-14)19(2)12-17(18,13-20)15-8-4-3-5-9-15/h3-11,20H,12-13,18H2,1-2H3. The van der Waals surface area contributed by atoms with E-state index >= 15 is 0 Å². The van der Waals surface area contributed by atoms with Crippen molar-refractivity contribution in [3.8, 4) is 0 Å². The Balaban J connectivity index is 2.22. The van der Waals surface area contributed by atoms with E-state index in [9.17, 15) is 5.11 Å². The van der Waals surface area contributed by atoms with Crippen molar-refractivity contribution < 1.29 is 5.11 Å². The van der Waals surface area contributed by atoms with E-state index in [1.54, 1.807) is 0 Å². The van der Waals surface area contributed by atoms with Crippen molar-refractivity contribution in [1.82, 2.24) is 0 Å². The molecule has 3 heteroatoms. The molecule has 3 nitrogen and oxygen atoms in total. The second kappa shape index (κ2) is 6.07. The van der Waals surface area contributed by atoms with Crippen LogP contribution in [0.2, 0.25) is 0 Å². The van der Waals surface area contributed by atoms with Crippen LogP contribution < -0.4 is 10.6 Å². The lowest BCUT2D eigenvalue weighted by Crippen LogP contribution is -2.49. The number of benzene rings is 2. The van der Waals surface area contributed by atoms with Gasteiger partial charge in [-0.05, 0) is 30.2 Å². The third-order valence-corrected chi connectivity index (χ3v) is 3.59. The molecule has 106 valence electrons. The molecule has 0 saturated heterocycles. The van der Waals surface area contributed by atoms with Crippen LogP contribution in [-0.2, 0) is 5.54 Å². The molecule has 2 rings (SSSR count). The molecule has 0 heterocycles. The zero-order chi connectivity index (χ0) is 14.6. The number of anilines is 1. The van der Waals surface area contributed by atoms with E-state index in [1.807, 2.05) is 43.4 Å². The fourth-order valence-corrected chi connectivity index (χ4v) is 2.38. The zero-order valence-corrected chi connectivity index (χ0v) is 12.1. The molecule has 20 heavy (non-hydrogen) atoms. The molecule has 3 N–H and O–H groups in total. The number of aliphatic hydroxyl groups excluding tert-OH is 1. The molecule has 1 atom stereocenters. The van der Waals surface area contributed by atoms with Gasteiger partial charge in [-0.2, -0.15) is 0 Å². The largest absolute Gasteiger partial charge is 0.394 e. The zero-order valence-electron chi connectivity index (χ0n) is 12.1. The molecule has 0 aliphatic rings. The second-order valence-electron chi connectivity index (χ2n) is 5.38. The van der Waals surface area contributed by atoms with Crippen LogP contribution in [0.15, 0.2) is 54.6 Å². The first-order valence-corrected chi connectivity index (χ1v) is 6.78. The van der Waals surface area contributed by atoms with Crippen molar-refractivity contribution in [1.29, 1.82) is 0 Å². The van der Waals surface area contributed by atoms with Crippen molar-refractivity contribution >= 4 is 5.69 Å². The number of aliphatic hydroxyl groups is 1. The normalized spacial score (nSPS) is 13.8. The Kier molecular flexibility index (Phi) is 4.42. The summed E-state index contributed by atoms with van der Waals surface area (Å²) in [5.74, 6) is 0. The number of nitrogens with two attached hydrogens (primary N) is 1. The molecule has 0 saturated carbocycles. The summed E-state index contributed by atoms with van der Waals surface area (Å²) in [5, 5.41) is 9.74. The lowest BCUT2D eigenvalue weighted by molar-refractivity contribution is 0.200. The first kappa shape index (κ1) is 14.6.